The Labute approximate surface area is 186 Å². The molecule has 1 amide bonds. The van der Waals surface area contributed by atoms with Crippen molar-refractivity contribution < 1.29 is 14.3 Å². The highest BCUT2D eigenvalue weighted by molar-refractivity contribution is 5.93. The molecular weight excluding hydrogens is 402 g/mol. The maximum absolute atomic E-state index is 13.0. The van der Waals surface area contributed by atoms with Crippen molar-refractivity contribution in [3.63, 3.8) is 0 Å². The monoisotopic (exact) mass is 425 g/mol. The summed E-state index contributed by atoms with van der Waals surface area (Å²) in [5.74, 6) is 1.30. The fourth-order valence-corrected chi connectivity index (χ4v) is 4.12. The van der Waals surface area contributed by atoms with Crippen molar-refractivity contribution in [1.29, 1.82) is 0 Å². The predicted octanol–water partition coefficient (Wildman–Crippen LogP) is 4.57. The maximum Gasteiger partial charge on any atom is 0.247 e. The first kappa shape index (κ1) is 19.9. The van der Waals surface area contributed by atoms with Crippen LogP contribution in [0.25, 0.3) is 23.0 Å². The van der Waals surface area contributed by atoms with Crippen LogP contribution in [0.5, 0.6) is 11.5 Å². The predicted molar refractivity (Wildman–Crippen MR) is 123 cm³/mol. The van der Waals surface area contributed by atoms with Gasteiger partial charge in [-0.2, -0.15) is 0 Å². The SMILES string of the molecule is COc1cc2c(cc1OC)CN(C(=O)/C=C/c1c(-c3ccccc3)nc3ccccn13)C2. The molecule has 32 heavy (non-hydrogen) atoms. The highest BCUT2D eigenvalue weighted by Gasteiger charge is 2.24. The molecule has 0 spiro atoms. The molecule has 1 aliphatic rings. The van der Waals surface area contributed by atoms with Crippen LogP contribution in [-0.2, 0) is 17.9 Å². The summed E-state index contributed by atoms with van der Waals surface area (Å²) < 4.78 is 12.8. The number of nitrogens with zero attached hydrogens (tertiary/aromatic N) is 3. The number of rotatable bonds is 5. The molecule has 0 bridgehead atoms. The fourth-order valence-electron chi connectivity index (χ4n) is 4.12. The molecule has 2 aromatic carbocycles. The number of methoxy groups -OCH3 is 2. The second-order valence-electron chi connectivity index (χ2n) is 7.64. The summed E-state index contributed by atoms with van der Waals surface area (Å²) in [6.07, 6.45) is 5.45. The van der Waals surface area contributed by atoms with E-state index in [1.54, 1.807) is 20.3 Å². The molecule has 0 aliphatic carbocycles. The van der Waals surface area contributed by atoms with Gasteiger partial charge in [0.05, 0.1) is 25.6 Å². The van der Waals surface area contributed by atoms with Crippen LogP contribution < -0.4 is 9.47 Å². The zero-order chi connectivity index (χ0) is 22.1. The quantitative estimate of drug-likeness (QED) is 0.440. The van der Waals surface area contributed by atoms with E-state index < -0.39 is 0 Å². The molecule has 0 unspecified atom stereocenters. The molecule has 0 N–H and O–H groups in total. The van der Waals surface area contributed by atoms with E-state index in [2.05, 4.69) is 0 Å². The minimum atomic E-state index is -0.0518. The van der Waals surface area contributed by atoms with Crippen molar-refractivity contribution in [2.75, 3.05) is 14.2 Å². The highest BCUT2D eigenvalue weighted by atomic mass is 16.5. The molecule has 3 heterocycles. The van der Waals surface area contributed by atoms with E-state index in [1.807, 2.05) is 82.2 Å². The van der Waals surface area contributed by atoms with E-state index >= 15 is 0 Å². The standard InChI is InChI=1S/C26H23N3O3/c1-31-22-14-19-16-28(17-20(19)15-23(22)32-2)25(30)12-11-21-26(18-8-4-3-5-9-18)27-24-10-6-7-13-29(21)24/h3-15H,16-17H2,1-2H3/b12-11+. The summed E-state index contributed by atoms with van der Waals surface area (Å²) in [5.41, 5.74) is 5.72. The topological polar surface area (TPSA) is 56.1 Å². The van der Waals surface area contributed by atoms with Gasteiger partial charge in [0.1, 0.15) is 5.65 Å². The van der Waals surface area contributed by atoms with Gasteiger partial charge in [-0.25, -0.2) is 4.98 Å². The van der Waals surface area contributed by atoms with Gasteiger partial charge in [-0.15, -0.1) is 0 Å². The third-order valence-electron chi connectivity index (χ3n) is 5.74. The maximum atomic E-state index is 13.0. The van der Waals surface area contributed by atoms with Crippen LogP contribution >= 0.6 is 0 Å². The van der Waals surface area contributed by atoms with Gasteiger partial charge in [-0.1, -0.05) is 36.4 Å². The molecule has 0 fully saturated rings. The Morgan fingerprint density at radius 1 is 0.938 bits per heavy atom. The number of carbonyl (C=O) groups is 1. The van der Waals surface area contributed by atoms with Crippen molar-refractivity contribution in [2.24, 2.45) is 0 Å². The number of amides is 1. The van der Waals surface area contributed by atoms with Gasteiger partial charge in [0.2, 0.25) is 5.91 Å². The van der Waals surface area contributed by atoms with Gasteiger partial charge in [0.15, 0.2) is 11.5 Å². The van der Waals surface area contributed by atoms with E-state index in [9.17, 15) is 4.79 Å². The van der Waals surface area contributed by atoms with E-state index in [4.69, 9.17) is 14.5 Å². The Morgan fingerprint density at radius 2 is 1.59 bits per heavy atom. The molecule has 2 aromatic heterocycles. The number of imidazole rings is 1. The molecule has 160 valence electrons. The lowest BCUT2D eigenvalue weighted by molar-refractivity contribution is -0.126. The second kappa shape index (κ2) is 8.23. The molecular formula is C26H23N3O3. The molecule has 0 radical (unpaired) electrons. The van der Waals surface area contributed by atoms with Gasteiger partial charge in [-0.3, -0.25) is 9.20 Å². The van der Waals surface area contributed by atoms with Gasteiger partial charge in [0.25, 0.3) is 0 Å². The summed E-state index contributed by atoms with van der Waals surface area (Å²) in [4.78, 5) is 19.6. The summed E-state index contributed by atoms with van der Waals surface area (Å²) in [5, 5.41) is 0. The van der Waals surface area contributed by atoms with E-state index in [0.29, 0.717) is 24.6 Å². The van der Waals surface area contributed by atoms with E-state index in [-0.39, 0.29) is 5.91 Å². The number of hydrogen-bond acceptors (Lipinski definition) is 4. The highest BCUT2D eigenvalue weighted by Crippen LogP contribution is 2.35. The first-order chi connectivity index (χ1) is 15.7. The molecule has 0 atom stereocenters. The van der Waals surface area contributed by atoms with Gasteiger partial charge in [0, 0.05) is 30.9 Å². The van der Waals surface area contributed by atoms with Crippen molar-refractivity contribution in [3.8, 4) is 22.8 Å². The molecule has 0 saturated heterocycles. The second-order valence-corrected chi connectivity index (χ2v) is 7.64. The number of ether oxygens (including phenoxy) is 2. The Kier molecular flexibility index (Phi) is 5.11. The zero-order valence-electron chi connectivity index (χ0n) is 18.0. The average molecular weight is 425 g/mol. The van der Waals surface area contributed by atoms with Crippen molar-refractivity contribution in [1.82, 2.24) is 14.3 Å². The summed E-state index contributed by atoms with van der Waals surface area (Å²) >= 11 is 0. The first-order valence-corrected chi connectivity index (χ1v) is 10.4. The van der Waals surface area contributed by atoms with E-state index in [1.165, 1.54) is 0 Å². The van der Waals surface area contributed by atoms with Gasteiger partial charge in [-0.05, 0) is 41.5 Å². The fraction of sp³-hybridized carbons (Fsp3) is 0.154. The number of fused-ring (bicyclic) bond motifs is 2. The van der Waals surface area contributed by atoms with Crippen molar-refractivity contribution in [2.45, 2.75) is 13.1 Å². The Balaban J connectivity index is 1.44. The summed E-state index contributed by atoms with van der Waals surface area (Å²) in [6, 6.07) is 19.8. The average Bonchev–Trinajstić information content (AvgIpc) is 3.43. The summed E-state index contributed by atoms with van der Waals surface area (Å²) in [7, 11) is 3.23. The molecule has 1 aliphatic heterocycles. The lowest BCUT2D eigenvalue weighted by Gasteiger charge is -2.12. The van der Waals surface area contributed by atoms with Crippen LogP contribution in [0.2, 0.25) is 0 Å². The minimum absolute atomic E-state index is 0.0518. The van der Waals surface area contributed by atoms with Crippen LogP contribution in [0.3, 0.4) is 0 Å². The molecule has 6 nitrogen and oxygen atoms in total. The van der Waals surface area contributed by atoms with Crippen molar-refractivity contribution >= 4 is 17.6 Å². The van der Waals surface area contributed by atoms with E-state index in [0.717, 1.165) is 33.7 Å². The lowest BCUT2D eigenvalue weighted by Crippen LogP contribution is -2.22. The number of aromatic nitrogens is 2. The Hall–Kier alpha value is -4.06. The number of carbonyl (C=O) groups excluding carboxylic acids is 1. The zero-order valence-corrected chi connectivity index (χ0v) is 18.0. The largest absolute Gasteiger partial charge is 0.493 e. The molecule has 5 rings (SSSR count). The molecule has 0 saturated carbocycles. The first-order valence-electron chi connectivity index (χ1n) is 10.4. The Morgan fingerprint density at radius 3 is 2.25 bits per heavy atom. The van der Waals surface area contributed by atoms with Crippen LogP contribution in [0.4, 0.5) is 0 Å². The lowest BCUT2D eigenvalue weighted by atomic mass is 10.1. The van der Waals surface area contributed by atoms with Gasteiger partial charge >= 0.3 is 0 Å². The summed E-state index contributed by atoms with van der Waals surface area (Å²) in [6.45, 7) is 1.08. The van der Waals surface area contributed by atoms with Crippen LogP contribution in [0.15, 0.2) is 72.9 Å². The Bertz CT molecular complexity index is 1290. The molecule has 6 heteroatoms. The van der Waals surface area contributed by atoms with Crippen LogP contribution in [0, 0.1) is 0 Å². The normalized spacial score (nSPS) is 13.0. The van der Waals surface area contributed by atoms with Crippen LogP contribution in [0.1, 0.15) is 16.8 Å². The number of pyridine rings is 1. The minimum Gasteiger partial charge on any atom is -0.493 e. The third kappa shape index (κ3) is 3.50. The number of hydrogen-bond donors (Lipinski definition) is 0. The molecule has 4 aromatic rings. The van der Waals surface area contributed by atoms with Crippen molar-refractivity contribution in [3.05, 3.63) is 89.8 Å². The third-order valence-corrected chi connectivity index (χ3v) is 5.74. The van der Waals surface area contributed by atoms with Gasteiger partial charge < -0.3 is 14.4 Å². The number of benzene rings is 2. The smallest absolute Gasteiger partial charge is 0.247 e. The van der Waals surface area contributed by atoms with Crippen LogP contribution in [-0.4, -0.2) is 34.4 Å².